The van der Waals surface area contributed by atoms with Crippen LogP contribution in [0.5, 0.6) is 0 Å². The molecule has 108 valence electrons. The van der Waals surface area contributed by atoms with Gasteiger partial charge in [-0.2, -0.15) is 0 Å². The van der Waals surface area contributed by atoms with Crippen molar-refractivity contribution < 1.29 is 4.74 Å². The minimum absolute atomic E-state index is 0.125. The van der Waals surface area contributed by atoms with Gasteiger partial charge in [0.25, 0.3) is 0 Å². The highest BCUT2D eigenvalue weighted by atomic mass is 16.5. The van der Waals surface area contributed by atoms with Gasteiger partial charge in [-0.15, -0.1) is 0 Å². The summed E-state index contributed by atoms with van der Waals surface area (Å²) in [5.74, 6) is 0. The zero-order valence-electron chi connectivity index (χ0n) is 12.9. The second-order valence-electron chi connectivity index (χ2n) is 5.90. The van der Waals surface area contributed by atoms with Crippen LogP contribution in [0.1, 0.15) is 39.3 Å². The topological polar surface area (TPSA) is 21.3 Å². The van der Waals surface area contributed by atoms with Crippen LogP contribution in [0.3, 0.4) is 0 Å². The van der Waals surface area contributed by atoms with Gasteiger partial charge < -0.3 is 10.1 Å². The molecule has 2 aromatic rings. The molecule has 0 spiro atoms. The van der Waals surface area contributed by atoms with E-state index in [0.29, 0.717) is 6.04 Å². The smallest absolute Gasteiger partial charge is 0.0750 e. The standard InChI is InChI=1S/C18H25NO/c1-5-20-18(3,4)13-19-14(2)16-11-10-15-8-6-7-9-17(15)12-16/h6-12,14,19H,5,13H2,1-4H3. The van der Waals surface area contributed by atoms with Crippen LogP contribution in [-0.4, -0.2) is 18.8 Å². The molecular formula is C18H25NO. The molecule has 0 aliphatic heterocycles. The van der Waals surface area contributed by atoms with Crippen LogP contribution >= 0.6 is 0 Å². The Hall–Kier alpha value is -1.38. The van der Waals surface area contributed by atoms with Gasteiger partial charge in [-0.05, 0) is 50.1 Å². The molecule has 2 aromatic carbocycles. The molecule has 0 bridgehead atoms. The molecule has 20 heavy (non-hydrogen) atoms. The maximum atomic E-state index is 5.72. The second kappa shape index (κ2) is 6.38. The lowest BCUT2D eigenvalue weighted by atomic mass is 10.0. The Bertz CT molecular complexity index is 562. The third kappa shape index (κ3) is 3.81. The molecule has 2 nitrogen and oxygen atoms in total. The molecule has 1 unspecified atom stereocenters. The van der Waals surface area contributed by atoms with Crippen LogP contribution in [0.25, 0.3) is 10.8 Å². The van der Waals surface area contributed by atoms with Gasteiger partial charge in [0.05, 0.1) is 5.60 Å². The predicted octanol–water partition coefficient (Wildman–Crippen LogP) is 4.31. The summed E-state index contributed by atoms with van der Waals surface area (Å²) < 4.78 is 5.72. The van der Waals surface area contributed by atoms with Gasteiger partial charge in [0.2, 0.25) is 0 Å². The number of rotatable bonds is 6. The summed E-state index contributed by atoms with van der Waals surface area (Å²) >= 11 is 0. The van der Waals surface area contributed by atoms with E-state index in [1.807, 2.05) is 6.92 Å². The van der Waals surface area contributed by atoms with Crippen LogP contribution in [0.15, 0.2) is 42.5 Å². The number of benzene rings is 2. The molecule has 0 aromatic heterocycles. The SMILES string of the molecule is CCOC(C)(C)CNC(C)c1ccc2ccccc2c1. The lowest BCUT2D eigenvalue weighted by Crippen LogP contribution is -2.38. The van der Waals surface area contributed by atoms with E-state index in [1.165, 1.54) is 16.3 Å². The first-order valence-corrected chi connectivity index (χ1v) is 7.38. The highest BCUT2D eigenvalue weighted by molar-refractivity contribution is 5.83. The summed E-state index contributed by atoms with van der Waals surface area (Å²) in [6.45, 7) is 10.1. The third-order valence-electron chi connectivity index (χ3n) is 3.64. The number of hydrogen-bond donors (Lipinski definition) is 1. The average molecular weight is 271 g/mol. The summed E-state index contributed by atoms with van der Waals surface area (Å²) in [5, 5.41) is 6.15. The first-order valence-electron chi connectivity index (χ1n) is 7.38. The van der Waals surface area contributed by atoms with E-state index in [0.717, 1.165) is 13.2 Å². The summed E-state index contributed by atoms with van der Waals surface area (Å²) in [5.41, 5.74) is 1.19. The van der Waals surface area contributed by atoms with E-state index in [4.69, 9.17) is 4.74 Å². The third-order valence-corrected chi connectivity index (χ3v) is 3.64. The average Bonchev–Trinajstić information content (AvgIpc) is 2.44. The van der Waals surface area contributed by atoms with Gasteiger partial charge >= 0.3 is 0 Å². The van der Waals surface area contributed by atoms with E-state index < -0.39 is 0 Å². The fourth-order valence-electron chi connectivity index (χ4n) is 2.44. The number of nitrogens with one attached hydrogen (secondary N) is 1. The van der Waals surface area contributed by atoms with E-state index in [1.54, 1.807) is 0 Å². The van der Waals surface area contributed by atoms with Gasteiger partial charge in [-0.3, -0.25) is 0 Å². The maximum Gasteiger partial charge on any atom is 0.0750 e. The summed E-state index contributed by atoms with van der Waals surface area (Å²) in [7, 11) is 0. The molecule has 1 atom stereocenters. The molecule has 0 aliphatic carbocycles. The first-order chi connectivity index (χ1) is 9.52. The molecule has 0 radical (unpaired) electrons. The minimum Gasteiger partial charge on any atom is -0.375 e. The highest BCUT2D eigenvalue weighted by Gasteiger charge is 2.18. The molecular weight excluding hydrogens is 246 g/mol. The number of ether oxygens (including phenoxy) is 1. The lowest BCUT2D eigenvalue weighted by Gasteiger charge is -2.27. The molecule has 0 amide bonds. The molecule has 2 rings (SSSR count). The number of hydrogen-bond acceptors (Lipinski definition) is 2. The van der Waals surface area contributed by atoms with E-state index >= 15 is 0 Å². The maximum absolute atomic E-state index is 5.72. The molecule has 0 heterocycles. The minimum atomic E-state index is -0.125. The number of fused-ring (bicyclic) bond motifs is 1. The lowest BCUT2D eigenvalue weighted by molar-refractivity contribution is -0.0103. The monoisotopic (exact) mass is 271 g/mol. The Morgan fingerprint density at radius 1 is 1.10 bits per heavy atom. The van der Waals surface area contributed by atoms with Crippen LogP contribution in [0.4, 0.5) is 0 Å². The van der Waals surface area contributed by atoms with Crippen LogP contribution in [-0.2, 0) is 4.74 Å². The molecule has 2 heteroatoms. The van der Waals surface area contributed by atoms with Crippen molar-refractivity contribution in [2.24, 2.45) is 0 Å². The summed E-state index contributed by atoms with van der Waals surface area (Å²) in [6, 6.07) is 15.5. The zero-order chi connectivity index (χ0) is 14.6. The Labute approximate surface area is 122 Å². The largest absolute Gasteiger partial charge is 0.375 e. The van der Waals surface area contributed by atoms with Crippen molar-refractivity contribution in [3.63, 3.8) is 0 Å². The van der Waals surface area contributed by atoms with Crippen LogP contribution < -0.4 is 5.32 Å². The Morgan fingerprint density at radius 2 is 1.80 bits per heavy atom. The van der Waals surface area contributed by atoms with Gasteiger partial charge in [0.1, 0.15) is 0 Å². The second-order valence-corrected chi connectivity index (χ2v) is 5.90. The van der Waals surface area contributed by atoms with Gasteiger partial charge in [-0.1, -0.05) is 36.4 Å². The summed E-state index contributed by atoms with van der Waals surface area (Å²) in [6.07, 6.45) is 0. The van der Waals surface area contributed by atoms with E-state index in [9.17, 15) is 0 Å². The molecule has 1 N–H and O–H groups in total. The Kier molecular flexibility index (Phi) is 4.79. The summed E-state index contributed by atoms with van der Waals surface area (Å²) in [4.78, 5) is 0. The van der Waals surface area contributed by atoms with Gasteiger partial charge in [0, 0.05) is 19.2 Å². The fraction of sp³-hybridized carbons (Fsp3) is 0.444. The fourth-order valence-corrected chi connectivity index (χ4v) is 2.44. The molecule has 0 fully saturated rings. The van der Waals surface area contributed by atoms with Crippen molar-refractivity contribution in [3.05, 3.63) is 48.0 Å². The van der Waals surface area contributed by atoms with Crippen LogP contribution in [0.2, 0.25) is 0 Å². The van der Waals surface area contributed by atoms with Crippen molar-refractivity contribution in [2.45, 2.75) is 39.3 Å². The van der Waals surface area contributed by atoms with Crippen molar-refractivity contribution >= 4 is 10.8 Å². The Morgan fingerprint density at radius 3 is 2.50 bits per heavy atom. The first kappa shape index (κ1) is 15.0. The Balaban J connectivity index is 2.05. The van der Waals surface area contributed by atoms with Crippen molar-refractivity contribution in [1.82, 2.24) is 5.32 Å². The quantitative estimate of drug-likeness (QED) is 0.845. The van der Waals surface area contributed by atoms with E-state index in [-0.39, 0.29) is 5.60 Å². The highest BCUT2D eigenvalue weighted by Crippen LogP contribution is 2.20. The van der Waals surface area contributed by atoms with Crippen molar-refractivity contribution in [1.29, 1.82) is 0 Å². The van der Waals surface area contributed by atoms with Crippen molar-refractivity contribution in [2.75, 3.05) is 13.2 Å². The zero-order valence-corrected chi connectivity index (χ0v) is 12.9. The van der Waals surface area contributed by atoms with Gasteiger partial charge in [-0.25, -0.2) is 0 Å². The van der Waals surface area contributed by atoms with Crippen molar-refractivity contribution in [3.8, 4) is 0 Å². The predicted molar refractivity (Wildman–Crippen MR) is 86.1 cm³/mol. The molecule has 0 saturated carbocycles. The molecule has 0 saturated heterocycles. The van der Waals surface area contributed by atoms with Crippen LogP contribution in [0, 0.1) is 0 Å². The normalized spacial score (nSPS) is 13.6. The van der Waals surface area contributed by atoms with Gasteiger partial charge in [0.15, 0.2) is 0 Å². The molecule has 0 aliphatic rings. The van der Waals surface area contributed by atoms with E-state index in [2.05, 4.69) is 68.6 Å².